The van der Waals surface area contributed by atoms with Gasteiger partial charge in [0.15, 0.2) is 9.84 Å². The van der Waals surface area contributed by atoms with Gasteiger partial charge in [-0.15, -0.1) is 0 Å². The van der Waals surface area contributed by atoms with Crippen LogP contribution in [-0.2, 0) is 9.84 Å². The number of rotatable bonds is 9. The van der Waals surface area contributed by atoms with E-state index in [0.717, 1.165) is 37.3 Å². The molecule has 0 bridgehead atoms. The summed E-state index contributed by atoms with van der Waals surface area (Å²) in [4.78, 5) is 10.4. The highest BCUT2D eigenvalue weighted by atomic mass is 32.2. The third-order valence-corrected chi connectivity index (χ3v) is 4.74. The molecule has 8 heteroatoms. The molecule has 1 aromatic carbocycles. The van der Waals surface area contributed by atoms with Gasteiger partial charge < -0.3 is 5.32 Å². The van der Waals surface area contributed by atoms with Crippen molar-refractivity contribution in [2.75, 3.05) is 30.1 Å². The van der Waals surface area contributed by atoms with Crippen LogP contribution in [0.4, 0.5) is 11.4 Å². The number of benzene rings is 1. The van der Waals surface area contributed by atoms with Gasteiger partial charge in [0, 0.05) is 18.9 Å². The first kappa shape index (κ1) is 17.8. The Balaban J connectivity index is 2.72. The van der Waals surface area contributed by atoms with E-state index >= 15 is 0 Å². The lowest BCUT2D eigenvalue weighted by molar-refractivity contribution is -0.384. The highest BCUT2D eigenvalue weighted by Crippen LogP contribution is 2.27. The fraction of sp³-hybridized carbons (Fsp3) is 0.538. The molecule has 118 valence electrons. The summed E-state index contributed by atoms with van der Waals surface area (Å²) in [6.07, 6.45) is 6.20. The number of nitro groups is 1. The Labute approximate surface area is 129 Å². The number of nitrogens with zero attached hydrogens (tertiary/aromatic N) is 1. The average Bonchev–Trinajstić information content (AvgIpc) is 2.41. The first-order valence-electron chi connectivity index (χ1n) is 6.57. The minimum atomic E-state index is -3.45. The molecule has 0 aliphatic carbocycles. The van der Waals surface area contributed by atoms with Crippen LogP contribution < -0.4 is 5.32 Å². The second-order valence-electron chi connectivity index (χ2n) is 4.69. The summed E-state index contributed by atoms with van der Waals surface area (Å²) < 4.78 is 22.9. The summed E-state index contributed by atoms with van der Waals surface area (Å²) in [5.74, 6) is 1.11. The number of nitrogens with one attached hydrogen (secondary N) is 1. The van der Waals surface area contributed by atoms with E-state index in [2.05, 4.69) is 11.6 Å². The molecule has 0 saturated carbocycles. The van der Waals surface area contributed by atoms with Crippen LogP contribution in [0.3, 0.4) is 0 Å². The minimum absolute atomic E-state index is 0.0419. The van der Waals surface area contributed by atoms with E-state index in [1.807, 2.05) is 0 Å². The zero-order valence-electron chi connectivity index (χ0n) is 12.2. The van der Waals surface area contributed by atoms with Gasteiger partial charge in [0.05, 0.1) is 9.82 Å². The van der Waals surface area contributed by atoms with Gasteiger partial charge >= 0.3 is 0 Å². The second kappa shape index (κ2) is 8.23. The molecule has 0 unspecified atom stereocenters. The number of unbranched alkanes of at least 4 members (excludes halogenated alkanes) is 2. The molecule has 0 aromatic heterocycles. The quantitative estimate of drug-likeness (QED) is 0.425. The molecule has 0 aliphatic heterocycles. The van der Waals surface area contributed by atoms with Crippen LogP contribution >= 0.6 is 11.8 Å². The molecular weight excluding hydrogens is 312 g/mol. The number of hydrogen-bond acceptors (Lipinski definition) is 6. The smallest absolute Gasteiger partial charge is 0.293 e. The lowest BCUT2D eigenvalue weighted by Gasteiger charge is -2.08. The van der Waals surface area contributed by atoms with Crippen molar-refractivity contribution in [3.8, 4) is 0 Å². The van der Waals surface area contributed by atoms with Crippen LogP contribution in [0.5, 0.6) is 0 Å². The molecule has 21 heavy (non-hydrogen) atoms. The van der Waals surface area contributed by atoms with Gasteiger partial charge in [-0.3, -0.25) is 10.1 Å². The lowest BCUT2D eigenvalue weighted by Crippen LogP contribution is -2.06. The van der Waals surface area contributed by atoms with Crippen molar-refractivity contribution in [3.05, 3.63) is 28.3 Å². The highest BCUT2D eigenvalue weighted by molar-refractivity contribution is 7.98. The standard InChI is InChI=1S/C13H20N2O4S2/c1-20-9-5-3-4-8-14-12-7-6-11(21(2,18)19)10-13(12)15(16)17/h6-7,10,14H,3-5,8-9H2,1-2H3. The van der Waals surface area contributed by atoms with Gasteiger partial charge in [-0.05, 0) is 37.0 Å². The van der Waals surface area contributed by atoms with Crippen molar-refractivity contribution < 1.29 is 13.3 Å². The van der Waals surface area contributed by atoms with Crippen LogP contribution in [0, 0.1) is 10.1 Å². The SMILES string of the molecule is CSCCCCCNc1ccc(S(C)(=O)=O)cc1[N+](=O)[O-]. The molecule has 1 aromatic rings. The van der Waals surface area contributed by atoms with Crippen molar-refractivity contribution in [1.29, 1.82) is 0 Å². The first-order valence-corrected chi connectivity index (χ1v) is 9.86. The monoisotopic (exact) mass is 332 g/mol. The van der Waals surface area contributed by atoms with Crippen molar-refractivity contribution in [2.45, 2.75) is 24.2 Å². The highest BCUT2D eigenvalue weighted by Gasteiger charge is 2.18. The zero-order valence-corrected chi connectivity index (χ0v) is 13.8. The van der Waals surface area contributed by atoms with Gasteiger partial charge in [-0.25, -0.2) is 8.42 Å². The summed E-state index contributed by atoms with van der Waals surface area (Å²) in [5, 5.41) is 14.0. The van der Waals surface area contributed by atoms with Crippen molar-refractivity contribution in [1.82, 2.24) is 0 Å². The van der Waals surface area contributed by atoms with Gasteiger partial charge in [-0.2, -0.15) is 11.8 Å². The predicted octanol–water partition coefficient (Wildman–Crippen LogP) is 2.94. The zero-order chi connectivity index (χ0) is 15.9. The van der Waals surface area contributed by atoms with Gasteiger partial charge in [0.25, 0.3) is 5.69 Å². The number of nitro benzene ring substituents is 1. The maximum atomic E-state index is 11.4. The molecule has 0 heterocycles. The van der Waals surface area contributed by atoms with E-state index in [1.165, 1.54) is 12.1 Å². The second-order valence-corrected chi connectivity index (χ2v) is 7.69. The van der Waals surface area contributed by atoms with Gasteiger partial charge in [0.1, 0.15) is 5.69 Å². The molecule has 0 atom stereocenters. The largest absolute Gasteiger partial charge is 0.379 e. The molecule has 1 N–H and O–H groups in total. The van der Waals surface area contributed by atoms with Crippen LogP contribution in [0.2, 0.25) is 0 Å². The van der Waals surface area contributed by atoms with E-state index in [0.29, 0.717) is 12.2 Å². The summed E-state index contributed by atoms with van der Waals surface area (Å²) in [6.45, 7) is 0.632. The Morgan fingerprint density at radius 3 is 2.57 bits per heavy atom. The van der Waals surface area contributed by atoms with E-state index in [4.69, 9.17) is 0 Å². The van der Waals surface area contributed by atoms with Crippen molar-refractivity contribution in [3.63, 3.8) is 0 Å². The summed E-state index contributed by atoms with van der Waals surface area (Å²) >= 11 is 1.80. The summed E-state index contributed by atoms with van der Waals surface area (Å²) in [6, 6.07) is 3.94. The van der Waals surface area contributed by atoms with E-state index in [1.54, 1.807) is 11.8 Å². The van der Waals surface area contributed by atoms with Gasteiger partial charge in [-0.1, -0.05) is 6.42 Å². The van der Waals surface area contributed by atoms with Crippen LogP contribution in [0.25, 0.3) is 0 Å². The molecule has 0 radical (unpaired) electrons. The molecule has 6 nitrogen and oxygen atoms in total. The summed E-state index contributed by atoms with van der Waals surface area (Å²) in [5.41, 5.74) is 0.152. The fourth-order valence-electron chi connectivity index (χ4n) is 1.81. The van der Waals surface area contributed by atoms with Crippen LogP contribution in [0.1, 0.15) is 19.3 Å². The first-order chi connectivity index (χ1) is 9.86. The molecule has 0 fully saturated rings. The van der Waals surface area contributed by atoms with E-state index < -0.39 is 14.8 Å². The normalized spacial score (nSPS) is 11.3. The number of sulfone groups is 1. The Bertz CT molecular complexity index is 588. The maximum absolute atomic E-state index is 11.4. The number of hydrogen-bond donors (Lipinski definition) is 1. The van der Waals surface area contributed by atoms with Crippen LogP contribution in [0.15, 0.2) is 23.1 Å². The Kier molecular flexibility index (Phi) is 6.97. The minimum Gasteiger partial charge on any atom is -0.379 e. The molecule has 0 aliphatic rings. The molecule has 1 rings (SSSR count). The van der Waals surface area contributed by atoms with Crippen molar-refractivity contribution in [2.24, 2.45) is 0 Å². The Morgan fingerprint density at radius 2 is 2.00 bits per heavy atom. The molecule has 0 spiro atoms. The van der Waals surface area contributed by atoms with Crippen molar-refractivity contribution >= 4 is 33.0 Å². The Morgan fingerprint density at radius 1 is 1.29 bits per heavy atom. The molecular formula is C13H20N2O4S2. The topological polar surface area (TPSA) is 89.3 Å². The molecule has 0 saturated heterocycles. The predicted molar refractivity (Wildman–Crippen MR) is 86.9 cm³/mol. The Hall–Kier alpha value is -1.28. The van der Waals surface area contributed by atoms with Crippen LogP contribution in [-0.4, -0.2) is 38.2 Å². The lowest BCUT2D eigenvalue weighted by atomic mass is 10.2. The van der Waals surface area contributed by atoms with Gasteiger partial charge in [0.2, 0.25) is 0 Å². The van der Waals surface area contributed by atoms with E-state index in [-0.39, 0.29) is 10.6 Å². The fourth-order valence-corrected chi connectivity index (χ4v) is 2.95. The number of anilines is 1. The molecule has 0 amide bonds. The number of thioether (sulfide) groups is 1. The average molecular weight is 332 g/mol. The third kappa shape index (κ3) is 5.92. The maximum Gasteiger partial charge on any atom is 0.293 e. The summed E-state index contributed by atoms with van der Waals surface area (Å²) in [7, 11) is -3.45. The third-order valence-electron chi connectivity index (χ3n) is 2.93. The van der Waals surface area contributed by atoms with E-state index in [9.17, 15) is 18.5 Å².